The van der Waals surface area contributed by atoms with Crippen molar-refractivity contribution in [2.45, 2.75) is 107 Å². The Kier molecular flexibility index (Phi) is 24.0. The molecule has 326 valence electrons. The van der Waals surface area contributed by atoms with Gasteiger partial charge in [0.05, 0.1) is 44.8 Å². The minimum Gasteiger partial charge on any atom is -0.456 e. The lowest BCUT2D eigenvalue weighted by Crippen LogP contribution is -2.36. The van der Waals surface area contributed by atoms with Crippen molar-refractivity contribution in [3.63, 3.8) is 0 Å². The van der Waals surface area contributed by atoms with E-state index in [-0.39, 0.29) is 17.7 Å². The molecule has 2 aromatic rings. The number of fused-ring (bicyclic) bond motifs is 4. The molecule has 8 nitrogen and oxygen atoms in total. The summed E-state index contributed by atoms with van der Waals surface area (Å²) in [6.45, 7) is 24.2. The van der Waals surface area contributed by atoms with E-state index in [9.17, 15) is 14.4 Å². The van der Waals surface area contributed by atoms with Crippen LogP contribution in [0.5, 0.6) is 23.0 Å². The fraction of sp³-hybridized carbons (Fsp3) is 0.587. The first-order valence-corrected chi connectivity index (χ1v) is 25.5. The van der Waals surface area contributed by atoms with Crippen molar-refractivity contribution in [1.29, 1.82) is 0 Å². The van der Waals surface area contributed by atoms with Gasteiger partial charge in [-0.15, -0.1) is 0 Å². The van der Waals surface area contributed by atoms with Crippen molar-refractivity contribution in [3.8, 4) is 23.0 Å². The van der Waals surface area contributed by atoms with Gasteiger partial charge in [-0.2, -0.15) is 0 Å². The second-order valence-electron chi connectivity index (χ2n) is 16.6. The zero-order valence-corrected chi connectivity index (χ0v) is 41.2. The number of benzene rings is 2. The van der Waals surface area contributed by atoms with E-state index in [0.717, 1.165) is 28.1 Å². The summed E-state index contributed by atoms with van der Waals surface area (Å²) in [5, 5.41) is 0. The molecule has 12 heteroatoms. The van der Waals surface area contributed by atoms with E-state index >= 15 is 0 Å². The maximum atomic E-state index is 13.4. The Bertz CT molecular complexity index is 1650. The van der Waals surface area contributed by atoms with Crippen molar-refractivity contribution in [2.75, 3.05) is 51.2 Å². The van der Waals surface area contributed by atoms with Crippen LogP contribution in [0.4, 0.5) is 0 Å². The molecular formula is C46H72NO7S4+. The lowest BCUT2D eigenvalue weighted by atomic mass is 9.75. The normalized spacial score (nSPS) is 18.5. The first-order chi connectivity index (χ1) is 27.3. The van der Waals surface area contributed by atoms with Crippen LogP contribution in [0.3, 0.4) is 0 Å². The van der Waals surface area contributed by atoms with E-state index in [0.29, 0.717) is 53.1 Å². The highest BCUT2D eigenvalue weighted by Crippen LogP contribution is 2.58. The number of carbonyl (C=O) groups is 3. The predicted molar refractivity (Wildman–Crippen MR) is 252 cm³/mol. The van der Waals surface area contributed by atoms with E-state index in [2.05, 4.69) is 62.0 Å². The Morgan fingerprint density at radius 3 is 1.88 bits per heavy atom. The fourth-order valence-corrected chi connectivity index (χ4v) is 9.78. The number of esters is 2. The number of nitrogens with zero attached hydrogens (tertiary/aromatic N) is 1. The van der Waals surface area contributed by atoms with Gasteiger partial charge in [-0.05, 0) is 95.4 Å². The summed E-state index contributed by atoms with van der Waals surface area (Å²) in [7, 11) is 14.0. The number of quaternary nitrogens is 1. The van der Waals surface area contributed by atoms with E-state index in [1.54, 1.807) is 47.2 Å². The molecule has 58 heavy (non-hydrogen) atoms. The van der Waals surface area contributed by atoms with Crippen LogP contribution in [-0.2, 0) is 24.7 Å². The Hall–Kier alpha value is -2.51. The lowest BCUT2D eigenvalue weighted by molar-refractivity contribution is -0.867. The molecule has 2 aliphatic heterocycles. The summed E-state index contributed by atoms with van der Waals surface area (Å²) in [5.74, 6) is 3.45. The van der Waals surface area contributed by atoms with Gasteiger partial charge in [0, 0.05) is 34.8 Å². The summed E-state index contributed by atoms with van der Waals surface area (Å²) in [6, 6.07) is 10.1. The summed E-state index contributed by atoms with van der Waals surface area (Å²) < 4.78 is 24.3. The molecule has 1 spiro atoms. The van der Waals surface area contributed by atoms with Gasteiger partial charge >= 0.3 is 11.9 Å². The standard InChI is InChI=1S/C32H40NO7S2.C7H16S2.C4H8.C3H8/c1-8-24-21(3)29(35)40-32(24)25-12-10-22(37-20-34)18-27(25)39-28-19-23(11-13-26(28)32)38-30(36)31(4,9-2)14-16-41-42-17-15-33(5,6)7;1-7(2,3)5-6-9-8-4;1-3-4-2;1-3-2/h8,10-13,18-21H,9,14-17H2,1-7H3;5-6H2,1-4H3;3-4H,1-2H3;3H2,1-2H3/q+1;;;/b24-8+;;4-3-;. The highest BCUT2D eigenvalue weighted by atomic mass is 33.1. The maximum Gasteiger partial charge on any atom is 0.317 e. The largest absolute Gasteiger partial charge is 0.456 e. The molecule has 0 aliphatic carbocycles. The summed E-state index contributed by atoms with van der Waals surface area (Å²) in [5.41, 5.74) is 0.693. The molecule has 1 saturated heterocycles. The van der Waals surface area contributed by atoms with E-state index in [1.165, 1.54) is 18.6 Å². The quantitative estimate of drug-likeness (QED) is 0.0326. The molecule has 3 unspecified atom stereocenters. The van der Waals surface area contributed by atoms with Gasteiger partial charge in [-0.3, -0.25) is 14.4 Å². The van der Waals surface area contributed by atoms with Gasteiger partial charge in [0.15, 0.2) is 5.60 Å². The van der Waals surface area contributed by atoms with Gasteiger partial charge in [0.25, 0.3) is 6.47 Å². The van der Waals surface area contributed by atoms with E-state index in [1.807, 2.05) is 92.2 Å². The molecule has 2 aliphatic rings. The van der Waals surface area contributed by atoms with Crippen LogP contribution in [0.2, 0.25) is 0 Å². The molecule has 4 rings (SSSR count). The summed E-state index contributed by atoms with van der Waals surface area (Å²) in [4.78, 5) is 37.3. The Morgan fingerprint density at radius 2 is 1.40 bits per heavy atom. The average Bonchev–Trinajstić information content (AvgIpc) is 3.41. The molecule has 0 radical (unpaired) electrons. The van der Waals surface area contributed by atoms with Gasteiger partial charge in [0.2, 0.25) is 0 Å². The Morgan fingerprint density at radius 1 is 0.862 bits per heavy atom. The highest BCUT2D eigenvalue weighted by molar-refractivity contribution is 8.76. The number of hydrogen-bond donors (Lipinski definition) is 0. The number of allylic oxidation sites excluding steroid dienone is 3. The van der Waals surface area contributed by atoms with Gasteiger partial charge in [-0.1, -0.05) is 109 Å². The molecule has 0 bridgehead atoms. The molecule has 0 saturated carbocycles. The molecule has 0 aromatic heterocycles. The van der Waals surface area contributed by atoms with Crippen LogP contribution in [0, 0.1) is 16.7 Å². The number of carbonyl (C=O) groups excluding carboxylic acids is 3. The Labute approximate surface area is 367 Å². The molecule has 0 amide bonds. The lowest BCUT2D eigenvalue weighted by Gasteiger charge is -2.37. The van der Waals surface area contributed by atoms with Gasteiger partial charge < -0.3 is 23.4 Å². The van der Waals surface area contributed by atoms with E-state index in [4.69, 9.17) is 18.9 Å². The number of rotatable bonds is 15. The molecule has 2 heterocycles. The van der Waals surface area contributed by atoms with Crippen molar-refractivity contribution in [2.24, 2.45) is 16.7 Å². The predicted octanol–water partition coefficient (Wildman–Crippen LogP) is 12.9. The third-order valence-corrected chi connectivity index (χ3v) is 13.6. The second-order valence-corrected chi connectivity index (χ2v) is 22.0. The van der Waals surface area contributed by atoms with Gasteiger partial charge in [0.1, 0.15) is 23.0 Å². The number of hydrogen-bond acceptors (Lipinski definition) is 11. The maximum absolute atomic E-state index is 13.4. The molecular weight excluding hydrogens is 807 g/mol. The van der Waals surface area contributed by atoms with Crippen LogP contribution in [0.15, 0.2) is 60.2 Å². The number of ether oxygens (including phenoxy) is 4. The van der Waals surface area contributed by atoms with Crippen LogP contribution in [-0.4, -0.2) is 74.1 Å². The average molecular weight is 879 g/mol. The monoisotopic (exact) mass is 878 g/mol. The zero-order chi connectivity index (χ0) is 44.2. The van der Waals surface area contributed by atoms with Gasteiger partial charge in [-0.25, -0.2) is 0 Å². The summed E-state index contributed by atoms with van der Waals surface area (Å²) >= 11 is 0. The van der Waals surface area contributed by atoms with Crippen LogP contribution >= 0.6 is 43.2 Å². The van der Waals surface area contributed by atoms with E-state index < -0.39 is 16.9 Å². The first kappa shape index (κ1) is 53.5. The van der Waals surface area contributed by atoms with Crippen LogP contribution < -0.4 is 14.2 Å². The molecule has 3 atom stereocenters. The minimum absolute atomic E-state index is 0.288. The van der Waals surface area contributed by atoms with Crippen LogP contribution in [0.1, 0.15) is 113 Å². The van der Waals surface area contributed by atoms with Crippen LogP contribution in [0.25, 0.3) is 0 Å². The van der Waals surface area contributed by atoms with Crippen molar-refractivity contribution in [3.05, 3.63) is 71.3 Å². The van der Waals surface area contributed by atoms with Crippen molar-refractivity contribution in [1.82, 2.24) is 0 Å². The van der Waals surface area contributed by atoms with Crippen molar-refractivity contribution < 1.29 is 37.8 Å². The third kappa shape index (κ3) is 16.5. The first-order valence-electron chi connectivity index (χ1n) is 20.2. The summed E-state index contributed by atoms with van der Waals surface area (Å²) in [6.07, 6.45) is 11.9. The molecule has 1 fully saturated rings. The SMILES string of the molecule is C/C=C1\C(C)C(=O)OC12c1ccc(OC=O)cc1Oc1cc(OC(=O)C(C)(CC)CCSSCC[N+](C)(C)C)ccc12.C/C=C\C.CCC.CSSCCC(C)(C)C. The smallest absolute Gasteiger partial charge is 0.317 e. The Balaban J connectivity index is 0.000000890. The zero-order valence-electron chi connectivity index (χ0n) is 37.9. The third-order valence-electron chi connectivity index (χ3n) is 9.40. The second kappa shape index (κ2) is 26.0. The molecule has 2 aromatic carbocycles. The molecule has 0 N–H and O–H groups in total. The van der Waals surface area contributed by atoms with Crippen molar-refractivity contribution >= 4 is 61.6 Å². The topological polar surface area (TPSA) is 88.1 Å². The minimum atomic E-state index is -1.21. The highest BCUT2D eigenvalue weighted by Gasteiger charge is 2.56. The fourth-order valence-electron chi connectivity index (χ4n) is 5.60.